The zero-order chi connectivity index (χ0) is 12.8. The largest absolute Gasteiger partial charge is 0.480 e. The number of aryl methyl sites for hydroxylation is 1. The molecule has 0 radical (unpaired) electrons. The average molecular weight is 239 g/mol. The third-order valence-corrected chi connectivity index (χ3v) is 2.65. The second-order valence-electron chi connectivity index (χ2n) is 4.53. The summed E-state index contributed by atoms with van der Waals surface area (Å²) >= 11 is 0. The van der Waals surface area contributed by atoms with Gasteiger partial charge in [0.25, 0.3) is 0 Å². The normalized spacial score (nSPS) is 12.9. The molecular weight excluding hydrogens is 218 g/mol. The fourth-order valence-corrected chi connectivity index (χ4v) is 1.75. The monoisotopic (exact) mass is 239 g/mol. The third-order valence-electron chi connectivity index (χ3n) is 2.65. The molecule has 1 heterocycles. The zero-order valence-corrected chi connectivity index (χ0v) is 10.7. The Kier molecular flexibility index (Phi) is 5.15. The van der Waals surface area contributed by atoms with Gasteiger partial charge in [0.05, 0.1) is 6.54 Å². The van der Waals surface area contributed by atoms with Crippen LogP contribution in [0.5, 0.6) is 0 Å². The van der Waals surface area contributed by atoms with Crippen LogP contribution in [0.3, 0.4) is 0 Å². The van der Waals surface area contributed by atoms with E-state index in [0.717, 1.165) is 12.4 Å². The smallest absolute Gasteiger partial charge is 0.320 e. The van der Waals surface area contributed by atoms with Gasteiger partial charge in [-0.1, -0.05) is 13.8 Å². The predicted molar refractivity (Wildman–Crippen MR) is 65.6 cm³/mol. The number of rotatable bonds is 7. The van der Waals surface area contributed by atoms with Gasteiger partial charge in [-0.05, 0) is 19.3 Å². The van der Waals surface area contributed by atoms with Gasteiger partial charge in [0.2, 0.25) is 0 Å². The highest BCUT2D eigenvalue weighted by atomic mass is 16.4. The van der Waals surface area contributed by atoms with E-state index >= 15 is 0 Å². The number of carbonyl (C=O) groups is 1. The van der Waals surface area contributed by atoms with Crippen molar-refractivity contribution in [3.05, 3.63) is 18.2 Å². The number of aromatic nitrogens is 2. The standard InChI is InChI=1S/C12H21N3O2/c1-4-15-6-5-13-11(15)8-14-10(12(16)17)7-9(2)3/h5-6,9-10,14H,4,7-8H2,1-3H3,(H,16,17). The zero-order valence-electron chi connectivity index (χ0n) is 10.7. The molecule has 0 aliphatic heterocycles. The van der Waals surface area contributed by atoms with E-state index in [1.807, 2.05) is 31.5 Å². The van der Waals surface area contributed by atoms with Gasteiger partial charge in [0, 0.05) is 18.9 Å². The summed E-state index contributed by atoms with van der Waals surface area (Å²) < 4.78 is 2.00. The minimum absolute atomic E-state index is 0.356. The van der Waals surface area contributed by atoms with E-state index in [2.05, 4.69) is 10.3 Å². The lowest BCUT2D eigenvalue weighted by Crippen LogP contribution is -2.37. The molecule has 1 aromatic rings. The van der Waals surface area contributed by atoms with Gasteiger partial charge < -0.3 is 9.67 Å². The molecule has 0 amide bonds. The number of nitrogens with one attached hydrogen (secondary N) is 1. The molecule has 5 heteroatoms. The second kappa shape index (κ2) is 6.39. The quantitative estimate of drug-likeness (QED) is 0.756. The molecule has 0 spiro atoms. The van der Waals surface area contributed by atoms with E-state index < -0.39 is 12.0 Å². The molecule has 0 bridgehead atoms. The number of imidazole rings is 1. The maximum absolute atomic E-state index is 11.1. The SMILES string of the molecule is CCn1ccnc1CNC(CC(C)C)C(=O)O. The Bertz CT molecular complexity index is 360. The number of aliphatic carboxylic acids is 1. The van der Waals surface area contributed by atoms with Gasteiger partial charge in [0.15, 0.2) is 0 Å². The first-order chi connectivity index (χ1) is 8.04. The summed E-state index contributed by atoms with van der Waals surface area (Å²) in [5, 5.41) is 12.1. The molecule has 0 aliphatic carbocycles. The van der Waals surface area contributed by atoms with Crippen molar-refractivity contribution in [1.82, 2.24) is 14.9 Å². The van der Waals surface area contributed by atoms with Crippen LogP contribution in [0.4, 0.5) is 0 Å². The second-order valence-corrected chi connectivity index (χ2v) is 4.53. The van der Waals surface area contributed by atoms with E-state index in [9.17, 15) is 4.79 Å². The molecule has 1 aromatic heterocycles. The van der Waals surface area contributed by atoms with Crippen molar-refractivity contribution >= 4 is 5.97 Å². The van der Waals surface area contributed by atoms with Crippen LogP contribution in [-0.4, -0.2) is 26.7 Å². The van der Waals surface area contributed by atoms with Crippen LogP contribution in [0.1, 0.15) is 33.0 Å². The van der Waals surface area contributed by atoms with Crippen LogP contribution in [0.25, 0.3) is 0 Å². The van der Waals surface area contributed by atoms with Crippen LogP contribution >= 0.6 is 0 Å². The molecule has 0 fully saturated rings. The molecule has 2 N–H and O–H groups in total. The maximum Gasteiger partial charge on any atom is 0.320 e. The minimum Gasteiger partial charge on any atom is -0.480 e. The molecular formula is C12H21N3O2. The van der Waals surface area contributed by atoms with E-state index in [0.29, 0.717) is 18.9 Å². The summed E-state index contributed by atoms with van der Waals surface area (Å²) in [6.45, 7) is 7.41. The Balaban J connectivity index is 2.54. The first-order valence-corrected chi connectivity index (χ1v) is 6.00. The van der Waals surface area contributed by atoms with E-state index in [1.165, 1.54) is 0 Å². The molecule has 0 aromatic carbocycles. The van der Waals surface area contributed by atoms with E-state index in [4.69, 9.17) is 5.11 Å². The van der Waals surface area contributed by atoms with Crippen LogP contribution in [0.2, 0.25) is 0 Å². The predicted octanol–water partition coefficient (Wildman–Crippen LogP) is 1.49. The van der Waals surface area contributed by atoms with Crippen LogP contribution in [0.15, 0.2) is 12.4 Å². The number of nitrogens with zero attached hydrogens (tertiary/aromatic N) is 2. The average Bonchev–Trinajstić information content (AvgIpc) is 2.70. The number of hydrogen-bond donors (Lipinski definition) is 2. The summed E-state index contributed by atoms with van der Waals surface area (Å²) in [5.41, 5.74) is 0. The van der Waals surface area contributed by atoms with Gasteiger partial charge >= 0.3 is 5.97 Å². The Hall–Kier alpha value is -1.36. The first-order valence-electron chi connectivity index (χ1n) is 6.00. The molecule has 0 saturated carbocycles. The molecule has 1 rings (SSSR count). The fourth-order valence-electron chi connectivity index (χ4n) is 1.75. The van der Waals surface area contributed by atoms with Crippen LogP contribution < -0.4 is 5.32 Å². The first kappa shape index (κ1) is 13.7. The maximum atomic E-state index is 11.1. The van der Waals surface area contributed by atoms with E-state index in [1.54, 1.807) is 6.20 Å². The molecule has 1 atom stereocenters. The molecule has 0 saturated heterocycles. The molecule has 0 aliphatic rings. The van der Waals surface area contributed by atoms with Crippen LogP contribution in [-0.2, 0) is 17.9 Å². The van der Waals surface area contributed by atoms with Crippen molar-refractivity contribution in [3.63, 3.8) is 0 Å². The summed E-state index contributed by atoms with van der Waals surface area (Å²) in [6.07, 6.45) is 4.26. The van der Waals surface area contributed by atoms with Gasteiger partial charge in [0.1, 0.15) is 11.9 Å². The Morgan fingerprint density at radius 2 is 2.29 bits per heavy atom. The molecule has 1 unspecified atom stereocenters. The highest BCUT2D eigenvalue weighted by molar-refractivity contribution is 5.73. The minimum atomic E-state index is -0.798. The third kappa shape index (κ3) is 4.19. The van der Waals surface area contributed by atoms with Crippen LogP contribution in [0, 0.1) is 5.92 Å². The van der Waals surface area contributed by atoms with Crippen molar-refractivity contribution in [2.45, 2.75) is 46.3 Å². The highest BCUT2D eigenvalue weighted by Crippen LogP contribution is 2.06. The fraction of sp³-hybridized carbons (Fsp3) is 0.667. The van der Waals surface area contributed by atoms with Gasteiger partial charge in [-0.25, -0.2) is 4.98 Å². The van der Waals surface area contributed by atoms with Crippen molar-refractivity contribution in [2.24, 2.45) is 5.92 Å². The van der Waals surface area contributed by atoms with Gasteiger partial charge in [-0.2, -0.15) is 0 Å². The molecule has 17 heavy (non-hydrogen) atoms. The lowest BCUT2D eigenvalue weighted by atomic mass is 10.0. The highest BCUT2D eigenvalue weighted by Gasteiger charge is 2.18. The van der Waals surface area contributed by atoms with Crippen molar-refractivity contribution in [2.75, 3.05) is 0 Å². The topological polar surface area (TPSA) is 67.2 Å². The Morgan fingerprint density at radius 3 is 2.82 bits per heavy atom. The van der Waals surface area contributed by atoms with E-state index in [-0.39, 0.29) is 0 Å². The summed E-state index contributed by atoms with van der Waals surface area (Å²) in [5.74, 6) is 0.435. The lowest BCUT2D eigenvalue weighted by Gasteiger charge is -2.16. The number of hydrogen-bond acceptors (Lipinski definition) is 3. The van der Waals surface area contributed by atoms with Gasteiger partial charge in [-0.3, -0.25) is 10.1 Å². The summed E-state index contributed by atoms with van der Waals surface area (Å²) in [7, 11) is 0. The summed E-state index contributed by atoms with van der Waals surface area (Å²) in [4.78, 5) is 15.3. The van der Waals surface area contributed by atoms with Crippen molar-refractivity contribution < 1.29 is 9.90 Å². The molecule has 96 valence electrons. The summed E-state index contributed by atoms with van der Waals surface area (Å²) in [6, 6.07) is -0.503. The van der Waals surface area contributed by atoms with Crippen molar-refractivity contribution in [1.29, 1.82) is 0 Å². The Labute approximate surface area is 102 Å². The van der Waals surface area contributed by atoms with Gasteiger partial charge in [-0.15, -0.1) is 0 Å². The number of carboxylic acid groups (broad SMARTS) is 1. The van der Waals surface area contributed by atoms with Crippen molar-refractivity contribution in [3.8, 4) is 0 Å². The number of carboxylic acids is 1. The lowest BCUT2D eigenvalue weighted by molar-refractivity contribution is -0.140. The Morgan fingerprint density at radius 1 is 1.59 bits per heavy atom. The molecule has 5 nitrogen and oxygen atoms in total.